The highest BCUT2D eigenvalue weighted by Gasteiger charge is 2.41. The van der Waals surface area contributed by atoms with Crippen molar-refractivity contribution < 1.29 is 9.84 Å². The molecule has 44 heavy (non-hydrogen) atoms. The summed E-state index contributed by atoms with van der Waals surface area (Å²) in [6.07, 6.45) is 3.40. The zero-order chi connectivity index (χ0) is 30.2. The summed E-state index contributed by atoms with van der Waals surface area (Å²) in [5.41, 5.74) is 7.71. The smallest absolute Gasteiger partial charge is 0.179 e. The minimum Gasteiger partial charge on any atom is -0.504 e. The van der Waals surface area contributed by atoms with Crippen molar-refractivity contribution in [2.45, 2.75) is 39.2 Å². The van der Waals surface area contributed by atoms with Crippen LogP contribution in [0.2, 0.25) is 0 Å². The number of nitrogens with one attached hydrogen (secondary N) is 1. The van der Waals surface area contributed by atoms with Gasteiger partial charge in [0, 0.05) is 11.3 Å². The SMILES string of the molecule is CCCCc1ccc(NC2=Nc3ccccc3N3C2=Nc2c(c(C)nn2-c2ccccc2)[C@@H]3c2ccc(O)c(OC)c2)cc1. The number of ether oxygens (including phenoxy) is 1. The molecule has 2 aliphatic heterocycles. The number of phenolic OH excluding ortho intramolecular Hbond substituents is 1. The normalized spacial score (nSPS) is 15.1. The van der Waals surface area contributed by atoms with E-state index in [-0.39, 0.29) is 11.8 Å². The van der Waals surface area contributed by atoms with E-state index in [4.69, 9.17) is 19.8 Å². The first-order valence-electron chi connectivity index (χ1n) is 15.0. The van der Waals surface area contributed by atoms with Crippen LogP contribution in [-0.2, 0) is 6.42 Å². The van der Waals surface area contributed by atoms with Crippen molar-refractivity contribution >= 4 is 34.6 Å². The lowest BCUT2D eigenvalue weighted by Gasteiger charge is -2.40. The Morgan fingerprint density at radius 1 is 0.909 bits per heavy atom. The van der Waals surface area contributed by atoms with Crippen LogP contribution in [0.15, 0.2) is 107 Å². The number of fused-ring (bicyclic) bond motifs is 4. The molecule has 1 aromatic heterocycles. The summed E-state index contributed by atoms with van der Waals surface area (Å²) < 4.78 is 7.46. The molecule has 0 spiro atoms. The lowest BCUT2D eigenvalue weighted by Crippen LogP contribution is -2.46. The summed E-state index contributed by atoms with van der Waals surface area (Å²) in [7, 11) is 1.56. The number of unbranched alkanes of at least 4 members (excludes halogenated alkanes) is 1. The van der Waals surface area contributed by atoms with Crippen molar-refractivity contribution in [2.75, 3.05) is 17.3 Å². The molecular weight excluding hydrogens is 548 g/mol. The highest BCUT2D eigenvalue weighted by molar-refractivity contribution is 6.51. The topological polar surface area (TPSA) is 87.3 Å². The first kappa shape index (κ1) is 27.5. The maximum atomic E-state index is 10.5. The molecule has 0 amide bonds. The number of methoxy groups -OCH3 is 1. The number of nitrogens with zero attached hydrogens (tertiary/aromatic N) is 5. The van der Waals surface area contributed by atoms with Gasteiger partial charge in [0.1, 0.15) is 0 Å². The van der Waals surface area contributed by atoms with Crippen LogP contribution in [-0.4, -0.2) is 33.7 Å². The second-order valence-corrected chi connectivity index (χ2v) is 11.1. The fraction of sp³-hybridized carbons (Fsp3) is 0.194. The molecule has 220 valence electrons. The number of hydrogen-bond acceptors (Lipinski definition) is 7. The first-order chi connectivity index (χ1) is 21.6. The number of anilines is 2. The third-order valence-corrected chi connectivity index (χ3v) is 8.19. The van der Waals surface area contributed by atoms with Gasteiger partial charge in [-0.2, -0.15) is 5.10 Å². The second-order valence-electron chi connectivity index (χ2n) is 11.1. The Morgan fingerprint density at radius 2 is 1.68 bits per heavy atom. The third kappa shape index (κ3) is 4.78. The van der Waals surface area contributed by atoms with E-state index in [1.807, 2.05) is 72.3 Å². The molecule has 5 aromatic rings. The predicted molar refractivity (Wildman–Crippen MR) is 177 cm³/mol. The largest absolute Gasteiger partial charge is 0.504 e. The number of hydrogen-bond donors (Lipinski definition) is 2. The predicted octanol–water partition coefficient (Wildman–Crippen LogP) is 8.03. The molecular formula is C36H34N6O2. The van der Waals surface area contributed by atoms with E-state index in [1.165, 1.54) is 18.4 Å². The van der Waals surface area contributed by atoms with Crippen molar-refractivity contribution in [3.05, 3.63) is 119 Å². The molecule has 8 heteroatoms. The first-order valence-corrected chi connectivity index (χ1v) is 15.0. The molecule has 7 rings (SSSR count). The Bertz CT molecular complexity index is 1890. The number of rotatable bonds is 7. The fourth-order valence-corrected chi connectivity index (χ4v) is 6.00. The standard InChI is InChI=1S/C36H34N6O2/c1-4-5-11-24-16-19-26(20-17-24)37-34-36-39-35-32(23(2)40-42(35)27-12-7-6-8-13-27)33(25-18-21-30(43)31(22-25)44-3)41(36)29-15-10-9-14-28(29)38-34/h6-10,12-22,33,43H,4-5,11H2,1-3H3,(H,37,38)/t33-/m0/s1. The number of benzene rings is 4. The number of para-hydroxylation sites is 3. The van der Waals surface area contributed by atoms with Crippen LogP contribution < -0.4 is 15.0 Å². The second kappa shape index (κ2) is 11.4. The summed E-state index contributed by atoms with van der Waals surface area (Å²) in [5, 5.41) is 19.1. The van der Waals surface area contributed by atoms with E-state index in [1.54, 1.807) is 13.2 Å². The lowest BCUT2D eigenvalue weighted by molar-refractivity contribution is 0.372. The van der Waals surface area contributed by atoms with Gasteiger partial charge in [-0.05, 0) is 79.4 Å². The zero-order valence-electron chi connectivity index (χ0n) is 25.0. The molecule has 0 radical (unpaired) electrons. The van der Waals surface area contributed by atoms with Crippen LogP contribution in [0, 0.1) is 6.92 Å². The number of aromatic hydroxyl groups is 1. The van der Waals surface area contributed by atoms with Gasteiger partial charge in [-0.3, -0.25) is 0 Å². The Morgan fingerprint density at radius 3 is 2.45 bits per heavy atom. The van der Waals surface area contributed by atoms with Crippen LogP contribution in [0.25, 0.3) is 5.69 Å². The Hall–Kier alpha value is -5.37. The minimum absolute atomic E-state index is 0.0863. The number of aliphatic imine (C=N–C) groups is 2. The molecule has 0 aliphatic carbocycles. The summed E-state index contributed by atoms with van der Waals surface area (Å²) in [6, 6.07) is 31.9. The molecule has 0 saturated heterocycles. The lowest BCUT2D eigenvalue weighted by atomic mass is 9.93. The van der Waals surface area contributed by atoms with Crippen LogP contribution in [0.4, 0.5) is 22.9 Å². The Labute approximate surface area is 257 Å². The summed E-state index contributed by atoms with van der Waals surface area (Å²) in [5.74, 6) is 2.55. The number of aromatic nitrogens is 2. The maximum Gasteiger partial charge on any atom is 0.179 e. The number of aryl methyl sites for hydroxylation is 2. The molecule has 4 aromatic carbocycles. The van der Waals surface area contributed by atoms with Gasteiger partial charge >= 0.3 is 0 Å². The molecule has 1 atom stereocenters. The monoisotopic (exact) mass is 582 g/mol. The Balaban J connectivity index is 1.43. The van der Waals surface area contributed by atoms with Gasteiger partial charge in [0.15, 0.2) is 29.0 Å². The van der Waals surface area contributed by atoms with E-state index in [0.29, 0.717) is 17.4 Å². The highest BCUT2D eigenvalue weighted by atomic mass is 16.5. The van der Waals surface area contributed by atoms with Crippen molar-refractivity contribution in [3.8, 4) is 17.2 Å². The summed E-state index contributed by atoms with van der Waals surface area (Å²) in [6.45, 7) is 4.23. The van der Waals surface area contributed by atoms with Gasteiger partial charge in [0.25, 0.3) is 0 Å². The molecule has 0 bridgehead atoms. The fourth-order valence-electron chi connectivity index (χ4n) is 6.00. The average molecular weight is 583 g/mol. The van der Waals surface area contributed by atoms with E-state index in [2.05, 4.69) is 47.5 Å². The van der Waals surface area contributed by atoms with Gasteiger partial charge in [-0.15, -0.1) is 0 Å². The van der Waals surface area contributed by atoms with Gasteiger partial charge in [0.05, 0.1) is 35.9 Å². The van der Waals surface area contributed by atoms with Crippen LogP contribution >= 0.6 is 0 Å². The minimum atomic E-state index is -0.325. The molecule has 0 unspecified atom stereocenters. The van der Waals surface area contributed by atoms with Gasteiger partial charge in [-0.1, -0.05) is 61.9 Å². The Kier molecular flexibility index (Phi) is 7.10. The van der Waals surface area contributed by atoms with Crippen LogP contribution in [0.1, 0.15) is 48.2 Å². The quantitative estimate of drug-likeness (QED) is 0.203. The molecule has 0 fully saturated rings. The average Bonchev–Trinajstić information content (AvgIpc) is 3.40. The van der Waals surface area contributed by atoms with Gasteiger partial charge in [-0.25, -0.2) is 14.7 Å². The molecule has 2 aliphatic rings. The number of phenols is 1. The molecule has 3 heterocycles. The van der Waals surface area contributed by atoms with Crippen molar-refractivity contribution in [1.82, 2.24) is 9.78 Å². The molecule has 2 N–H and O–H groups in total. The van der Waals surface area contributed by atoms with Crippen molar-refractivity contribution in [3.63, 3.8) is 0 Å². The van der Waals surface area contributed by atoms with Crippen LogP contribution in [0.3, 0.4) is 0 Å². The third-order valence-electron chi connectivity index (χ3n) is 8.19. The molecule has 8 nitrogen and oxygen atoms in total. The van der Waals surface area contributed by atoms with E-state index in [9.17, 15) is 5.11 Å². The van der Waals surface area contributed by atoms with Crippen LogP contribution in [0.5, 0.6) is 11.5 Å². The van der Waals surface area contributed by atoms with Gasteiger partial charge < -0.3 is 20.1 Å². The zero-order valence-corrected chi connectivity index (χ0v) is 25.0. The number of amidine groups is 2. The summed E-state index contributed by atoms with van der Waals surface area (Å²) >= 11 is 0. The highest BCUT2D eigenvalue weighted by Crippen LogP contribution is 2.49. The van der Waals surface area contributed by atoms with E-state index < -0.39 is 0 Å². The molecule has 0 saturated carbocycles. The van der Waals surface area contributed by atoms with Crippen molar-refractivity contribution in [1.29, 1.82) is 0 Å². The van der Waals surface area contributed by atoms with E-state index in [0.717, 1.165) is 51.8 Å². The maximum absolute atomic E-state index is 10.5. The van der Waals surface area contributed by atoms with E-state index >= 15 is 0 Å². The van der Waals surface area contributed by atoms with Crippen molar-refractivity contribution in [2.24, 2.45) is 9.98 Å². The van der Waals surface area contributed by atoms with Gasteiger partial charge in [0.2, 0.25) is 0 Å². The summed E-state index contributed by atoms with van der Waals surface area (Å²) in [4.78, 5) is 12.6.